The normalized spacial score (nSPS) is 11.6. The van der Waals surface area contributed by atoms with Crippen LogP contribution in [0.25, 0.3) is 122 Å². The molecule has 13 aromatic rings. The topological polar surface area (TPSA) is 35.6 Å². The Balaban J connectivity index is 1.09. The summed E-state index contributed by atoms with van der Waals surface area (Å²) in [5.41, 5.74) is 23.7. The summed E-state index contributed by atoms with van der Waals surface area (Å²) in [5.74, 6) is 0.667. The Labute approximate surface area is 419 Å². The van der Waals surface area contributed by atoms with E-state index in [0.717, 1.165) is 61.6 Å². The summed E-state index contributed by atoms with van der Waals surface area (Å²) >= 11 is 0. The summed E-state index contributed by atoms with van der Waals surface area (Å²) in [6.45, 7) is 8.77. The first-order valence-corrected chi connectivity index (χ1v) is 24.8. The fourth-order valence-electron chi connectivity index (χ4n) is 11.1. The molecule has 0 unspecified atom stereocenters. The van der Waals surface area contributed by atoms with Crippen LogP contribution in [0.3, 0.4) is 0 Å². The first-order chi connectivity index (χ1) is 35.3. The van der Waals surface area contributed by atoms with Crippen molar-refractivity contribution in [2.45, 2.75) is 27.7 Å². The van der Waals surface area contributed by atoms with Gasteiger partial charge in [0.25, 0.3) is 0 Å². The Morgan fingerprint density at radius 2 is 0.764 bits per heavy atom. The molecule has 0 radical (unpaired) electrons. The van der Waals surface area contributed by atoms with Gasteiger partial charge in [-0.2, -0.15) is 0 Å². The Bertz CT molecular complexity index is 4030. The number of hydrogen-bond donors (Lipinski definition) is 0. The average molecular weight is 923 g/mol. The number of nitrogens with zero attached hydrogens (tertiary/aromatic N) is 4. The van der Waals surface area contributed by atoms with Gasteiger partial charge in [0.2, 0.25) is 0 Å². The number of fused-ring (bicyclic) bond motifs is 6. The van der Waals surface area contributed by atoms with E-state index in [1.807, 2.05) is 12.1 Å². The fraction of sp³-hybridized carbons (Fsp3) is 0.0588. The van der Waals surface area contributed by atoms with E-state index in [9.17, 15) is 0 Å². The molecule has 10 aromatic carbocycles. The van der Waals surface area contributed by atoms with Crippen LogP contribution in [0.15, 0.2) is 231 Å². The van der Waals surface area contributed by atoms with Crippen molar-refractivity contribution in [2.24, 2.45) is 0 Å². The van der Waals surface area contributed by atoms with Gasteiger partial charge >= 0.3 is 0 Å². The van der Waals surface area contributed by atoms with E-state index in [1.54, 1.807) is 0 Å². The fourth-order valence-corrected chi connectivity index (χ4v) is 11.1. The zero-order chi connectivity index (χ0) is 48.5. The van der Waals surface area contributed by atoms with Gasteiger partial charge in [0.05, 0.1) is 39.1 Å². The number of aromatic nitrogens is 4. The van der Waals surface area contributed by atoms with Crippen LogP contribution in [0.2, 0.25) is 0 Å². The third-order valence-corrected chi connectivity index (χ3v) is 14.5. The van der Waals surface area contributed by atoms with E-state index in [4.69, 9.17) is 9.97 Å². The van der Waals surface area contributed by atoms with Crippen molar-refractivity contribution in [2.75, 3.05) is 0 Å². The molecule has 0 amide bonds. The number of hydrogen-bond acceptors (Lipinski definition) is 2. The van der Waals surface area contributed by atoms with Crippen molar-refractivity contribution in [3.8, 4) is 78.7 Å². The lowest BCUT2D eigenvalue weighted by Crippen LogP contribution is -2.01. The second-order valence-electron chi connectivity index (χ2n) is 19.3. The summed E-state index contributed by atoms with van der Waals surface area (Å²) < 4.78 is 4.88. The van der Waals surface area contributed by atoms with Gasteiger partial charge in [0.1, 0.15) is 0 Å². The van der Waals surface area contributed by atoms with E-state index in [1.165, 1.54) is 77.1 Å². The average Bonchev–Trinajstić information content (AvgIpc) is 3.93. The predicted octanol–water partition coefficient (Wildman–Crippen LogP) is 17.9. The molecule has 0 aliphatic rings. The van der Waals surface area contributed by atoms with Gasteiger partial charge < -0.3 is 9.13 Å². The predicted molar refractivity (Wildman–Crippen MR) is 302 cm³/mol. The maximum atomic E-state index is 5.33. The molecule has 13 rings (SSSR count). The van der Waals surface area contributed by atoms with Crippen molar-refractivity contribution < 1.29 is 0 Å². The van der Waals surface area contributed by atoms with Crippen LogP contribution in [0, 0.1) is 27.7 Å². The van der Waals surface area contributed by atoms with Gasteiger partial charge in [0, 0.05) is 49.5 Å². The molecule has 0 atom stereocenters. The van der Waals surface area contributed by atoms with Crippen LogP contribution >= 0.6 is 0 Å². The lowest BCUT2D eigenvalue weighted by Gasteiger charge is -2.18. The minimum absolute atomic E-state index is 0.667. The number of benzene rings is 10. The van der Waals surface area contributed by atoms with Gasteiger partial charge in [-0.25, -0.2) is 9.97 Å². The van der Waals surface area contributed by atoms with Crippen molar-refractivity contribution in [3.05, 3.63) is 253 Å². The molecular formula is C68H50N4. The molecule has 0 aliphatic carbocycles. The summed E-state index contributed by atoms with van der Waals surface area (Å²) in [6, 6.07) is 83.8. The Morgan fingerprint density at radius 3 is 1.31 bits per heavy atom. The zero-order valence-electron chi connectivity index (χ0n) is 40.7. The van der Waals surface area contributed by atoms with Crippen LogP contribution in [0.4, 0.5) is 0 Å². The summed E-state index contributed by atoms with van der Waals surface area (Å²) in [4.78, 5) is 10.7. The van der Waals surface area contributed by atoms with Crippen molar-refractivity contribution >= 4 is 43.6 Å². The maximum Gasteiger partial charge on any atom is 0.160 e. The summed E-state index contributed by atoms with van der Waals surface area (Å²) in [6.07, 6.45) is 0. The van der Waals surface area contributed by atoms with E-state index < -0.39 is 0 Å². The smallest absolute Gasteiger partial charge is 0.160 e. The zero-order valence-corrected chi connectivity index (χ0v) is 40.7. The van der Waals surface area contributed by atoms with Gasteiger partial charge in [0.15, 0.2) is 5.82 Å². The number of rotatable bonds is 8. The van der Waals surface area contributed by atoms with Crippen molar-refractivity contribution in [1.82, 2.24) is 19.1 Å². The Hall–Kier alpha value is -9.12. The minimum Gasteiger partial charge on any atom is -0.309 e. The highest BCUT2D eigenvalue weighted by molar-refractivity contribution is 6.13. The van der Waals surface area contributed by atoms with E-state index in [0.29, 0.717) is 5.82 Å². The molecule has 3 heterocycles. The highest BCUT2D eigenvalue weighted by atomic mass is 15.0. The second kappa shape index (κ2) is 17.4. The monoisotopic (exact) mass is 922 g/mol. The van der Waals surface area contributed by atoms with E-state index >= 15 is 0 Å². The molecule has 0 fully saturated rings. The highest BCUT2D eigenvalue weighted by Gasteiger charge is 2.21. The molecule has 0 spiro atoms. The maximum absolute atomic E-state index is 5.33. The number of para-hydroxylation sites is 2. The number of aryl methyl sites for hydroxylation is 4. The molecular weight excluding hydrogens is 873 g/mol. The molecule has 342 valence electrons. The second-order valence-corrected chi connectivity index (χ2v) is 19.3. The molecule has 0 saturated carbocycles. The van der Waals surface area contributed by atoms with Gasteiger partial charge in [-0.05, 0) is 139 Å². The van der Waals surface area contributed by atoms with E-state index in [2.05, 4.69) is 255 Å². The summed E-state index contributed by atoms with van der Waals surface area (Å²) in [5, 5.41) is 4.87. The van der Waals surface area contributed by atoms with E-state index in [-0.39, 0.29) is 0 Å². The van der Waals surface area contributed by atoms with Gasteiger partial charge in [-0.1, -0.05) is 169 Å². The lowest BCUT2D eigenvalue weighted by atomic mass is 9.95. The lowest BCUT2D eigenvalue weighted by molar-refractivity contribution is 1.16. The van der Waals surface area contributed by atoms with Crippen LogP contribution in [0.5, 0.6) is 0 Å². The molecule has 0 aliphatic heterocycles. The molecule has 0 N–H and O–H groups in total. The van der Waals surface area contributed by atoms with Gasteiger partial charge in [-0.3, -0.25) is 0 Å². The third kappa shape index (κ3) is 7.39. The Morgan fingerprint density at radius 1 is 0.292 bits per heavy atom. The van der Waals surface area contributed by atoms with Crippen LogP contribution in [-0.2, 0) is 0 Å². The highest BCUT2D eigenvalue weighted by Crippen LogP contribution is 2.43. The standard InChI is InChI=1S/C68H50N4/c1-43-26-31-54(45(3)36-43)50-28-33-66-59(39-50)60-40-51(55-32-27-44(2)37-46(55)4)29-34-67(60)72(66)65-35-30-52(68-69-61(47-16-7-5-8-17-47)42-62(70-68)48-18-9-6-10-19-48)41-58(65)49-20-15-21-53(38-49)71-63-24-13-11-22-56(63)57-23-12-14-25-64(57)71/h5-42H,1-4H3. The molecule has 4 heteroatoms. The van der Waals surface area contributed by atoms with Crippen LogP contribution in [-0.4, -0.2) is 19.1 Å². The molecule has 0 saturated heterocycles. The minimum atomic E-state index is 0.667. The Kier molecular flexibility index (Phi) is 10.4. The first kappa shape index (κ1) is 42.9. The SMILES string of the molecule is Cc1ccc(-c2ccc3c(c2)c2cc(-c4ccc(C)cc4C)ccc2n3-c2ccc(-c3nc(-c4ccccc4)cc(-c4ccccc4)n3)cc2-c2cccc(-n3c4ccccc4c4ccccc43)c2)c(C)c1. The van der Waals surface area contributed by atoms with Crippen LogP contribution in [0.1, 0.15) is 22.3 Å². The third-order valence-electron chi connectivity index (χ3n) is 14.5. The molecule has 72 heavy (non-hydrogen) atoms. The summed E-state index contributed by atoms with van der Waals surface area (Å²) in [7, 11) is 0. The molecule has 0 bridgehead atoms. The van der Waals surface area contributed by atoms with Crippen molar-refractivity contribution in [3.63, 3.8) is 0 Å². The molecule has 4 nitrogen and oxygen atoms in total. The van der Waals surface area contributed by atoms with Crippen LogP contribution < -0.4 is 0 Å². The molecule has 3 aromatic heterocycles. The van der Waals surface area contributed by atoms with Crippen molar-refractivity contribution in [1.29, 1.82) is 0 Å². The first-order valence-electron chi connectivity index (χ1n) is 24.8. The largest absolute Gasteiger partial charge is 0.309 e. The van der Waals surface area contributed by atoms with Gasteiger partial charge in [-0.15, -0.1) is 0 Å². The quantitative estimate of drug-likeness (QED) is 0.152.